The molecule has 1 saturated carbocycles. The smallest absolute Gasteiger partial charge is 0.273 e. The van der Waals surface area contributed by atoms with Gasteiger partial charge in [-0.05, 0) is 19.8 Å². The molecular weight excluding hydrogens is 412 g/mol. The van der Waals surface area contributed by atoms with Crippen LogP contribution in [0, 0.1) is 0 Å². The third-order valence-corrected chi connectivity index (χ3v) is 5.39. The maximum Gasteiger partial charge on any atom is 0.273 e. The fraction of sp³-hybridized carbons (Fsp3) is 0.368. The minimum absolute atomic E-state index is 0.0147. The van der Waals surface area contributed by atoms with Crippen molar-refractivity contribution in [2.45, 2.75) is 37.8 Å². The Hall–Kier alpha value is -3.05. The molecule has 3 aromatic rings. The molecule has 2 aromatic heterocycles. The first kappa shape index (κ1) is 20.2. The van der Waals surface area contributed by atoms with Crippen LogP contribution in [0.3, 0.4) is 0 Å². The van der Waals surface area contributed by atoms with E-state index in [1.165, 1.54) is 6.92 Å². The van der Waals surface area contributed by atoms with Crippen LogP contribution < -0.4 is 5.32 Å². The van der Waals surface area contributed by atoms with Crippen LogP contribution in [0.1, 0.15) is 54.1 Å². The first-order chi connectivity index (χ1) is 14.3. The average molecular weight is 432 g/mol. The van der Waals surface area contributed by atoms with E-state index in [2.05, 4.69) is 20.7 Å². The van der Waals surface area contributed by atoms with Crippen molar-refractivity contribution in [3.8, 4) is 11.3 Å². The minimum atomic E-state index is -3.63. The maximum absolute atomic E-state index is 12.4. The van der Waals surface area contributed by atoms with Gasteiger partial charge in [-0.1, -0.05) is 35.5 Å². The molecule has 1 N–H and O–H groups in total. The Morgan fingerprint density at radius 1 is 1.23 bits per heavy atom. The van der Waals surface area contributed by atoms with E-state index >= 15 is 0 Å². The lowest BCUT2D eigenvalue weighted by Crippen LogP contribution is -2.43. The van der Waals surface area contributed by atoms with E-state index < -0.39 is 16.2 Å². The van der Waals surface area contributed by atoms with Crippen molar-refractivity contribution >= 4 is 16.0 Å². The van der Waals surface area contributed by atoms with Crippen molar-refractivity contribution in [1.82, 2.24) is 20.7 Å². The Morgan fingerprint density at radius 3 is 2.67 bits per heavy atom. The van der Waals surface area contributed by atoms with Gasteiger partial charge in [0.1, 0.15) is 0 Å². The van der Waals surface area contributed by atoms with Gasteiger partial charge in [-0.25, -0.2) is 0 Å². The summed E-state index contributed by atoms with van der Waals surface area (Å²) >= 11 is 0. The van der Waals surface area contributed by atoms with Gasteiger partial charge in [0, 0.05) is 23.6 Å². The molecule has 1 amide bonds. The summed E-state index contributed by atoms with van der Waals surface area (Å²) in [4.78, 5) is 12.4. The first-order valence-corrected chi connectivity index (χ1v) is 11.1. The molecule has 1 aromatic carbocycles. The summed E-state index contributed by atoms with van der Waals surface area (Å²) in [6.07, 6.45) is 1.34. The fourth-order valence-electron chi connectivity index (χ4n) is 3.20. The molecule has 0 bridgehead atoms. The second-order valence-electron chi connectivity index (χ2n) is 7.20. The molecule has 1 atom stereocenters. The monoisotopic (exact) mass is 432 g/mol. The standard InChI is InChI=1S/C19H20N4O6S/c1-11(29-30(2,25)26)18-21-22-19(27-18)13-8-14(9-13)20-17(24)15-10-16(28-23-15)12-6-4-3-5-7-12/h3-7,10-11,13-14H,8-9H2,1-2H3,(H,20,24)/t11-,13-,14-/m0/s1. The van der Waals surface area contributed by atoms with Crippen molar-refractivity contribution in [1.29, 1.82) is 0 Å². The van der Waals surface area contributed by atoms with E-state index in [4.69, 9.17) is 13.1 Å². The lowest BCUT2D eigenvalue weighted by atomic mass is 9.80. The van der Waals surface area contributed by atoms with Crippen LogP contribution in [-0.2, 0) is 14.3 Å². The summed E-state index contributed by atoms with van der Waals surface area (Å²) < 4.78 is 38.0. The number of carbonyl (C=O) groups is 1. The Kier molecular flexibility index (Phi) is 5.39. The first-order valence-electron chi connectivity index (χ1n) is 9.33. The highest BCUT2D eigenvalue weighted by Crippen LogP contribution is 2.37. The Balaban J connectivity index is 1.30. The van der Waals surface area contributed by atoms with Crippen LogP contribution in [0.5, 0.6) is 0 Å². The lowest BCUT2D eigenvalue weighted by Gasteiger charge is -2.33. The van der Waals surface area contributed by atoms with E-state index in [0.29, 0.717) is 24.5 Å². The number of nitrogens with zero attached hydrogens (tertiary/aromatic N) is 3. The molecule has 1 aliphatic rings. The van der Waals surface area contributed by atoms with Crippen molar-refractivity contribution < 1.29 is 26.3 Å². The maximum atomic E-state index is 12.4. The van der Waals surface area contributed by atoms with Gasteiger partial charge in [-0.2, -0.15) is 8.42 Å². The number of nitrogens with one attached hydrogen (secondary N) is 1. The van der Waals surface area contributed by atoms with Gasteiger partial charge in [-0.15, -0.1) is 10.2 Å². The van der Waals surface area contributed by atoms with Crippen LogP contribution in [0.4, 0.5) is 0 Å². The third-order valence-electron chi connectivity index (χ3n) is 4.75. The summed E-state index contributed by atoms with van der Waals surface area (Å²) in [6, 6.07) is 10.9. The van der Waals surface area contributed by atoms with Gasteiger partial charge in [0.2, 0.25) is 11.8 Å². The fourth-order valence-corrected chi connectivity index (χ4v) is 3.80. The Bertz CT molecular complexity index is 1130. The number of hydrogen-bond acceptors (Lipinski definition) is 9. The molecule has 4 rings (SSSR count). The van der Waals surface area contributed by atoms with Crippen molar-refractivity contribution in [3.05, 3.63) is 53.9 Å². The van der Waals surface area contributed by atoms with Gasteiger partial charge < -0.3 is 14.3 Å². The number of aromatic nitrogens is 3. The Labute approximate surface area is 172 Å². The summed E-state index contributed by atoms with van der Waals surface area (Å²) in [5, 5.41) is 14.6. The zero-order chi connectivity index (χ0) is 21.3. The van der Waals surface area contributed by atoms with Gasteiger partial charge in [-0.3, -0.25) is 8.98 Å². The molecule has 0 aliphatic heterocycles. The highest BCUT2D eigenvalue weighted by molar-refractivity contribution is 7.86. The van der Waals surface area contributed by atoms with Gasteiger partial charge in [0.15, 0.2) is 17.6 Å². The van der Waals surface area contributed by atoms with E-state index in [0.717, 1.165) is 11.8 Å². The van der Waals surface area contributed by atoms with E-state index in [-0.39, 0.29) is 29.5 Å². The largest absolute Gasteiger partial charge is 0.422 e. The van der Waals surface area contributed by atoms with Crippen molar-refractivity contribution in [3.63, 3.8) is 0 Å². The van der Waals surface area contributed by atoms with E-state index in [1.807, 2.05) is 30.3 Å². The summed E-state index contributed by atoms with van der Waals surface area (Å²) in [5.74, 6) is 0.687. The van der Waals surface area contributed by atoms with Gasteiger partial charge in [0.05, 0.1) is 6.26 Å². The lowest BCUT2D eigenvalue weighted by molar-refractivity contribution is 0.0893. The molecule has 0 saturated heterocycles. The molecule has 0 spiro atoms. The number of hydrogen-bond donors (Lipinski definition) is 1. The molecule has 1 aliphatic carbocycles. The molecule has 1 fully saturated rings. The Morgan fingerprint density at radius 2 is 1.97 bits per heavy atom. The number of benzene rings is 1. The van der Waals surface area contributed by atoms with Crippen LogP contribution in [-0.4, -0.2) is 42.0 Å². The molecule has 10 nitrogen and oxygen atoms in total. The SMILES string of the molecule is C[C@H](OS(C)(=O)=O)c1nnc([C@H]2C[C@H](NC(=O)c3cc(-c4ccccc4)on3)C2)o1. The molecule has 0 unspecified atom stereocenters. The van der Waals surface area contributed by atoms with Crippen LogP contribution in [0.25, 0.3) is 11.3 Å². The predicted octanol–water partition coefficient (Wildman–Crippen LogP) is 2.44. The van der Waals surface area contributed by atoms with Gasteiger partial charge in [0.25, 0.3) is 16.0 Å². The summed E-state index contributed by atoms with van der Waals surface area (Å²) in [5.41, 5.74) is 1.05. The van der Waals surface area contributed by atoms with Crippen LogP contribution in [0.2, 0.25) is 0 Å². The summed E-state index contributed by atoms with van der Waals surface area (Å²) in [6.45, 7) is 1.52. The topological polar surface area (TPSA) is 137 Å². The van der Waals surface area contributed by atoms with E-state index in [9.17, 15) is 13.2 Å². The zero-order valence-electron chi connectivity index (χ0n) is 16.3. The number of rotatable bonds is 7. The van der Waals surface area contributed by atoms with Crippen LogP contribution in [0.15, 0.2) is 45.3 Å². The summed E-state index contributed by atoms with van der Waals surface area (Å²) in [7, 11) is -3.63. The third kappa shape index (κ3) is 4.57. The molecular formula is C19H20N4O6S. The molecule has 11 heteroatoms. The molecule has 158 valence electrons. The molecule has 0 radical (unpaired) electrons. The van der Waals surface area contributed by atoms with Gasteiger partial charge >= 0.3 is 0 Å². The predicted molar refractivity (Wildman–Crippen MR) is 104 cm³/mol. The van der Waals surface area contributed by atoms with Crippen molar-refractivity contribution in [2.24, 2.45) is 0 Å². The highest BCUT2D eigenvalue weighted by Gasteiger charge is 2.36. The second kappa shape index (κ2) is 8.00. The number of amides is 1. The molecule has 30 heavy (non-hydrogen) atoms. The second-order valence-corrected chi connectivity index (χ2v) is 8.80. The van der Waals surface area contributed by atoms with Crippen LogP contribution >= 0.6 is 0 Å². The quantitative estimate of drug-likeness (QED) is 0.558. The molecule has 2 heterocycles. The van der Waals surface area contributed by atoms with Crippen molar-refractivity contribution in [2.75, 3.05) is 6.26 Å². The average Bonchev–Trinajstić information content (AvgIpc) is 3.33. The minimum Gasteiger partial charge on any atom is -0.422 e. The zero-order valence-corrected chi connectivity index (χ0v) is 17.1. The number of carbonyl (C=O) groups excluding carboxylic acids is 1. The highest BCUT2D eigenvalue weighted by atomic mass is 32.2. The van der Waals surface area contributed by atoms with E-state index in [1.54, 1.807) is 6.07 Å². The normalized spacial score (nSPS) is 19.8.